The molecule has 0 spiro atoms. The minimum Gasteiger partial charge on any atom is -0.312 e. The zero-order valence-electron chi connectivity index (χ0n) is 12.6. The van der Waals surface area contributed by atoms with Gasteiger partial charge in [0, 0.05) is 19.1 Å². The van der Waals surface area contributed by atoms with E-state index < -0.39 is 0 Å². The van der Waals surface area contributed by atoms with Crippen LogP contribution in [0.15, 0.2) is 42.5 Å². The Morgan fingerprint density at radius 3 is 2.76 bits per heavy atom. The summed E-state index contributed by atoms with van der Waals surface area (Å²) in [6, 6.07) is 16.2. The third-order valence-corrected chi connectivity index (χ3v) is 5.01. The molecule has 2 aliphatic rings. The Bertz CT molecular complexity index is 612. The summed E-state index contributed by atoms with van der Waals surface area (Å²) in [5.41, 5.74) is 1.42. The Balaban J connectivity index is 1.34. The molecule has 2 heteroatoms. The molecular formula is C19H24N2. The largest absolute Gasteiger partial charge is 0.312 e. The van der Waals surface area contributed by atoms with Gasteiger partial charge < -0.3 is 10.2 Å². The molecule has 1 N–H and O–H groups in total. The first kappa shape index (κ1) is 13.3. The van der Waals surface area contributed by atoms with Crippen LogP contribution in [0.4, 0.5) is 0 Å². The van der Waals surface area contributed by atoms with Gasteiger partial charge in [0.1, 0.15) is 0 Å². The van der Waals surface area contributed by atoms with Crippen molar-refractivity contribution in [2.24, 2.45) is 5.92 Å². The smallest absolute Gasteiger partial charge is 0.0211 e. The lowest BCUT2D eigenvalue weighted by Gasteiger charge is -2.15. The van der Waals surface area contributed by atoms with Crippen molar-refractivity contribution < 1.29 is 0 Å². The molecule has 2 aromatic rings. The minimum atomic E-state index is 0.848. The van der Waals surface area contributed by atoms with Gasteiger partial charge in [0.05, 0.1) is 0 Å². The fraction of sp³-hybridized carbons (Fsp3) is 0.474. The third-order valence-electron chi connectivity index (χ3n) is 5.01. The maximum Gasteiger partial charge on any atom is 0.0211 e. The minimum absolute atomic E-state index is 0.848. The number of likely N-dealkylation sites (tertiary alicyclic amines) is 1. The summed E-state index contributed by atoms with van der Waals surface area (Å²) in [6.07, 6.45) is 4.26. The van der Waals surface area contributed by atoms with Gasteiger partial charge in [-0.05, 0) is 54.6 Å². The van der Waals surface area contributed by atoms with Crippen LogP contribution in [0.25, 0.3) is 10.8 Å². The molecule has 2 aromatic carbocycles. The number of nitrogens with one attached hydrogen (secondary N) is 1. The first-order valence-electron chi connectivity index (χ1n) is 8.31. The normalized spacial score (nSPS) is 23.0. The number of hydrogen-bond acceptors (Lipinski definition) is 2. The Labute approximate surface area is 127 Å². The van der Waals surface area contributed by atoms with E-state index in [2.05, 4.69) is 52.7 Å². The lowest BCUT2D eigenvalue weighted by Crippen LogP contribution is -2.27. The van der Waals surface area contributed by atoms with E-state index in [9.17, 15) is 0 Å². The van der Waals surface area contributed by atoms with Gasteiger partial charge in [-0.25, -0.2) is 0 Å². The predicted molar refractivity (Wildman–Crippen MR) is 88.4 cm³/mol. The SMILES string of the molecule is c1ccc2c(CNCC3CCN(C4CC4)C3)cccc2c1. The van der Waals surface area contributed by atoms with Crippen molar-refractivity contribution in [3.63, 3.8) is 0 Å². The van der Waals surface area contributed by atoms with Gasteiger partial charge >= 0.3 is 0 Å². The highest BCUT2D eigenvalue weighted by molar-refractivity contribution is 5.85. The monoisotopic (exact) mass is 280 g/mol. The number of rotatable bonds is 5. The number of hydrogen-bond donors (Lipinski definition) is 1. The summed E-state index contributed by atoms with van der Waals surface area (Å²) in [6.45, 7) is 4.78. The lowest BCUT2D eigenvalue weighted by molar-refractivity contribution is 0.312. The number of nitrogens with zero attached hydrogens (tertiary/aromatic N) is 1. The summed E-state index contributed by atoms with van der Waals surface area (Å²) >= 11 is 0. The average molecular weight is 280 g/mol. The standard InChI is InChI=1S/C19H24N2/c1-2-7-19-16(4-1)5-3-6-17(19)13-20-12-15-10-11-21(14-15)18-8-9-18/h1-7,15,18,20H,8-14H2. The van der Waals surface area contributed by atoms with E-state index in [-0.39, 0.29) is 0 Å². The highest BCUT2D eigenvalue weighted by atomic mass is 15.2. The van der Waals surface area contributed by atoms with Crippen LogP contribution in [-0.2, 0) is 6.54 Å². The van der Waals surface area contributed by atoms with Gasteiger partial charge in [0.25, 0.3) is 0 Å². The van der Waals surface area contributed by atoms with Crippen molar-refractivity contribution in [3.8, 4) is 0 Å². The van der Waals surface area contributed by atoms with E-state index >= 15 is 0 Å². The molecule has 110 valence electrons. The summed E-state index contributed by atoms with van der Waals surface area (Å²) in [4.78, 5) is 2.70. The molecule has 0 bridgehead atoms. The maximum atomic E-state index is 3.69. The molecule has 1 atom stereocenters. The van der Waals surface area contributed by atoms with Crippen molar-refractivity contribution in [1.82, 2.24) is 10.2 Å². The number of fused-ring (bicyclic) bond motifs is 1. The zero-order valence-corrected chi connectivity index (χ0v) is 12.6. The van der Waals surface area contributed by atoms with Gasteiger partial charge in [0.15, 0.2) is 0 Å². The topological polar surface area (TPSA) is 15.3 Å². The van der Waals surface area contributed by atoms with Gasteiger partial charge in [-0.2, -0.15) is 0 Å². The first-order chi connectivity index (χ1) is 10.4. The molecule has 4 rings (SSSR count). The molecule has 1 saturated heterocycles. The van der Waals surface area contributed by atoms with Gasteiger partial charge in [-0.1, -0.05) is 42.5 Å². The highest BCUT2D eigenvalue weighted by Gasteiger charge is 2.33. The molecule has 2 fully saturated rings. The van der Waals surface area contributed by atoms with Gasteiger partial charge in [-0.15, -0.1) is 0 Å². The molecule has 1 aliphatic heterocycles. The first-order valence-corrected chi connectivity index (χ1v) is 8.31. The third kappa shape index (κ3) is 2.97. The Hall–Kier alpha value is -1.38. The molecule has 1 saturated carbocycles. The zero-order chi connectivity index (χ0) is 14.1. The van der Waals surface area contributed by atoms with Crippen molar-refractivity contribution in [3.05, 3.63) is 48.0 Å². The number of benzene rings is 2. The second-order valence-corrected chi connectivity index (χ2v) is 6.65. The van der Waals surface area contributed by atoms with Crippen molar-refractivity contribution in [2.45, 2.75) is 31.8 Å². The van der Waals surface area contributed by atoms with Crippen molar-refractivity contribution >= 4 is 10.8 Å². The highest BCUT2D eigenvalue weighted by Crippen LogP contribution is 2.31. The molecule has 0 amide bonds. The van der Waals surface area contributed by atoms with Crippen molar-refractivity contribution in [1.29, 1.82) is 0 Å². The van der Waals surface area contributed by atoms with Crippen LogP contribution >= 0.6 is 0 Å². The van der Waals surface area contributed by atoms with Gasteiger partial charge in [-0.3, -0.25) is 0 Å². The van der Waals surface area contributed by atoms with E-state index in [1.165, 1.54) is 48.7 Å². The van der Waals surface area contributed by atoms with E-state index in [0.29, 0.717) is 0 Å². The Morgan fingerprint density at radius 1 is 1.00 bits per heavy atom. The molecular weight excluding hydrogens is 256 g/mol. The molecule has 2 nitrogen and oxygen atoms in total. The predicted octanol–water partition coefficient (Wildman–Crippen LogP) is 3.41. The Morgan fingerprint density at radius 2 is 1.86 bits per heavy atom. The van der Waals surface area contributed by atoms with Crippen LogP contribution < -0.4 is 5.32 Å². The van der Waals surface area contributed by atoms with Crippen LogP contribution in [0, 0.1) is 5.92 Å². The maximum absolute atomic E-state index is 3.69. The molecule has 21 heavy (non-hydrogen) atoms. The van der Waals surface area contributed by atoms with Crippen molar-refractivity contribution in [2.75, 3.05) is 19.6 Å². The van der Waals surface area contributed by atoms with Crippen LogP contribution in [0.2, 0.25) is 0 Å². The summed E-state index contributed by atoms with van der Waals surface area (Å²) in [5.74, 6) is 0.848. The van der Waals surface area contributed by atoms with E-state index in [1.807, 2.05) is 0 Å². The second kappa shape index (κ2) is 5.78. The fourth-order valence-corrected chi connectivity index (χ4v) is 3.66. The van der Waals surface area contributed by atoms with Crippen LogP contribution in [-0.4, -0.2) is 30.6 Å². The van der Waals surface area contributed by atoms with E-state index in [1.54, 1.807) is 0 Å². The van der Waals surface area contributed by atoms with Crippen LogP contribution in [0.1, 0.15) is 24.8 Å². The van der Waals surface area contributed by atoms with Crippen LogP contribution in [0.3, 0.4) is 0 Å². The summed E-state index contributed by atoms with van der Waals surface area (Å²) in [5, 5.41) is 6.42. The molecule has 1 unspecified atom stereocenters. The quantitative estimate of drug-likeness (QED) is 0.903. The Kier molecular flexibility index (Phi) is 3.66. The van der Waals surface area contributed by atoms with E-state index in [0.717, 1.165) is 25.0 Å². The molecule has 1 heterocycles. The van der Waals surface area contributed by atoms with Crippen LogP contribution in [0.5, 0.6) is 0 Å². The molecule has 0 aromatic heterocycles. The molecule has 1 aliphatic carbocycles. The summed E-state index contributed by atoms with van der Waals surface area (Å²) < 4.78 is 0. The fourth-order valence-electron chi connectivity index (χ4n) is 3.66. The summed E-state index contributed by atoms with van der Waals surface area (Å²) in [7, 11) is 0. The second-order valence-electron chi connectivity index (χ2n) is 6.65. The van der Waals surface area contributed by atoms with Gasteiger partial charge in [0.2, 0.25) is 0 Å². The van der Waals surface area contributed by atoms with E-state index in [4.69, 9.17) is 0 Å². The molecule has 0 radical (unpaired) electrons. The lowest BCUT2D eigenvalue weighted by atomic mass is 10.0. The average Bonchev–Trinajstić information content (AvgIpc) is 3.27.